The van der Waals surface area contributed by atoms with Crippen molar-refractivity contribution in [3.8, 4) is 16.9 Å². The normalized spacial score (nSPS) is 10.4. The molecule has 0 aliphatic carbocycles. The number of nitrogens with zero attached hydrogens (tertiary/aromatic N) is 1. The molecule has 0 aliphatic rings. The van der Waals surface area contributed by atoms with Crippen molar-refractivity contribution in [2.75, 3.05) is 40.3 Å². The Morgan fingerprint density at radius 1 is 0.913 bits per heavy atom. The van der Waals surface area contributed by atoms with Gasteiger partial charge in [0.25, 0.3) is 0 Å². The zero-order valence-electron chi connectivity index (χ0n) is 14.0. The maximum absolute atomic E-state index is 5.97. The standard InChI is InChI=1S/C19H26N2O.ClH/c1-21(2)15-14-20-13-8-16-22-19-12-7-6-11-18(19)17-9-4-3-5-10-17;/h3-7,9-12,20H,8,13-16H2,1-2H3;1H/p-1. The van der Waals surface area contributed by atoms with Crippen LogP contribution in [0.3, 0.4) is 0 Å². The zero-order chi connectivity index (χ0) is 15.6. The Hall–Kier alpha value is -1.55. The van der Waals surface area contributed by atoms with Crippen molar-refractivity contribution in [1.29, 1.82) is 0 Å². The van der Waals surface area contributed by atoms with Crippen molar-refractivity contribution < 1.29 is 17.1 Å². The third-order valence-electron chi connectivity index (χ3n) is 3.46. The predicted octanol–water partition coefficient (Wildman–Crippen LogP) is 0.278. The van der Waals surface area contributed by atoms with Crippen LogP contribution in [-0.2, 0) is 0 Å². The van der Waals surface area contributed by atoms with Crippen LogP contribution in [0.25, 0.3) is 11.1 Å². The van der Waals surface area contributed by atoms with E-state index in [2.05, 4.69) is 60.7 Å². The van der Waals surface area contributed by atoms with E-state index in [0.29, 0.717) is 0 Å². The van der Waals surface area contributed by atoms with E-state index in [9.17, 15) is 0 Å². The minimum atomic E-state index is 0. The first-order valence-corrected chi connectivity index (χ1v) is 7.90. The molecule has 0 saturated carbocycles. The van der Waals surface area contributed by atoms with Crippen molar-refractivity contribution in [3.05, 3.63) is 54.6 Å². The van der Waals surface area contributed by atoms with Crippen molar-refractivity contribution in [2.24, 2.45) is 0 Å². The summed E-state index contributed by atoms with van der Waals surface area (Å²) in [6.07, 6.45) is 1.01. The summed E-state index contributed by atoms with van der Waals surface area (Å²) in [5, 5.41) is 3.43. The van der Waals surface area contributed by atoms with Crippen molar-refractivity contribution >= 4 is 0 Å². The molecule has 126 valence electrons. The highest BCUT2D eigenvalue weighted by molar-refractivity contribution is 5.70. The van der Waals surface area contributed by atoms with E-state index in [0.717, 1.165) is 44.0 Å². The Morgan fingerprint density at radius 2 is 1.61 bits per heavy atom. The fraction of sp³-hybridized carbons (Fsp3) is 0.368. The first kappa shape index (κ1) is 19.5. The summed E-state index contributed by atoms with van der Waals surface area (Å²) in [5.74, 6) is 0.960. The molecule has 0 fully saturated rings. The summed E-state index contributed by atoms with van der Waals surface area (Å²) < 4.78 is 5.97. The molecule has 0 saturated heterocycles. The first-order valence-electron chi connectivity index (χ1n) is 7.90. The largest absolute Gasteiger partial charge is 1.00 e. The summed E-state index contributed by atoms with van der Waals surface area (Å²) >= 11 is 0. The third kappa shape index (κ3) is 7.04. The molecular formula is C19H26ClN2O-. The molecule has 2 aromatic rings. The first-order chi connectivity index (χ1) is 10.8. The molecule has 4 heteroatoms. The molecule has 0 aliphatic heterocycles. The third-order valence-corrected chi connectivity index (χ3v) is 3.46. The Balaban J connectivity index is 0.00000264. The molecule has 0 bridgehead atoms. The minimum Gasteiger partial charge on any atom is -1.00 e. The van der Waals surface area contributed by atoms with Gasteiger partial charge in [-0.3, -0.25) is 0 Å². The Kier molecular flexibility index (Phi) is 9.37. The molecule has 3 nitrogen and oxygen atoms in total. The lowest BCUT2D eigenvalue weighted by atomic mass is 10.1. The van der Waals surface area contributed by atoms with Crippen LogP contribution in [0.15, 0.2) is 54.6 Å². The van der Waals surface area contributed by atoms with Crippen LogP contribution in [0.1, 0.15) is 6.42 Å². The van der Waals surface area contributed by atoms with Gasteiger partial charge in [-0.2, -0.15) is 0 Å². The van der Waals surface area contributed by atoms with Crippen LogP contribution >= 0.6 is 0 Å². The fourth-order valence-electron chi connectivity index (χ4n) is 2.26. The number of rotatable bonds is 9. The number of hydrogen-bond acceptors (Lipinski definition) is 3. The number of likely N-dealkylation sites (N-methyl/N-ethyl adjacent to an activating group) is 1. The van der Waals surface area contributed by atoms with E-state index in [-0.39, 0.29) is 12.4 Å². The van der Waals surface area contributed by atoms with Gasteiger partial charge in [-0.05, 0) is 38.7 Å². The van der Waals surface area contributed by atoms with Crippen LogP contribution in [0.2, 0.25) is 0 Å². The highest BCUT2D eigenvalue weighted by Crippen LogP contribution is 2.29. The van der Waals surface area contributed by atoms with Gasteiger partial charge in [-0.15, -0.1) is 0 Å². The predicted molar refractivity (Wildman–Crippen MR) is 93.4 cm³/mol. The Bertz CT molecular complexity index is 546. The van der Waals surface area contributed by atoms with Crippen LogP contribution in [0.4, 0.5) is 0 Å². The number of ether oxygens (including phenoxy) is 1. The average Bonchev–Trinajstić information content (AvgIpc) is 2.55. The van der Waals surface area contributed by atoms with E-state index < -0.39 is 0 Å². The second kappa shape index (κ2) is 11.1. The molecule has 23 heavy (non-hydrogen) atoms. The summed E-state index contributed by atoms with van der Waals surface area (Å²) in [5.41, 5.74) is 2.35. The molecule has 0 heterocycles. The quantitative estimate of drug-likeness (QED) is 0.667. The second-order valence-electron chi connectivity index (χ2n) is 5.62. The Labute approximate surface area is 146 Å². The summed E-state index contributed by atoms with van der Waals surface area (Å²) in [6.45, 7) is 3.81. The fourth-order valence-corrected chi connectivity index (χ4v) is 2.26. The van der Waals surface area contributed by atoms with Crippen molar-refractivity contribution in [1.82, 2.24) is 10.2 Å². The molecule has 2 rings (SSSR count). The maximum atomic E-state index is 5.97. The smallest absolute Gasteiger partial charge is 0.127 e. The average molecular weight is 334 g/mol. The summed E-state index contributed by atoms with van der Waals surface area (Å²) in [7, 11) is 4.18. The van der Waals surface area contributed by atoms with Crippen LogP contribution < -0.4 is 22.5 Å². The maximum Gasteiger partial charge on any atom is 0.127 e. The highest BCUT2D eigenvalue weighted by atomic mass is 35.5. The van der Waals surface area contributed by atoms with Crippen LogP contribution in [0, 0.1) is 0 Å². The van der Waals surface area contributed by atoms with Gasteiger partial charge >= 0.3 is 0 Å². The van der Waals surface area contributed by atoms with E-state index in [1.165, 1.54) is 5.56 Å². The minimum absolute atomic E-state index is 0. The number of nitrogens with one attached hydrogen (secondary N) is 1. The molecule has 2 aromatic carbocycles. The molecule has 0 radical (unpaired) electrons. The van der Waals surface area contributed by atoms with Crippen LogP contribution in [0.5, 0.6) is 5.75 Å². The van der Waals surface area contributed by atoms with Gasteiger partial charge in [-0.25, -0.2) is 0 Å². The molecule has 0 spiro atoms. The molecule has 0 atom stereocenters. The topological polar surface area (TPSA) is 24.5 Å². The number of halogens is 1. The summed E-state index contributed by atoms with van der Waals surface area (Å²) in [6, 6.07) is 18.6. The lowest BCUT2D eigenvalue weighted by Crippen LogP contribution is -3.00. The second-order valence-corrected chi connectivity index (χ2v) is 5.62. The van der Waals surface area contributed by atoms with Gasteiger partial charge in [0.15, 0.2) is 0 Å². The number of benzene rings is 2. The number of para-hydroxylation sites is 1. The molecular weight excluding hydrogens is 308 g/mol. The van der Waals surface area contributed by atoms with Gasteiger partial charge in [0.2, 0.25) is 0 Å². The SMILES string of the molecule is CN(C)CCNCCCOc1ccccc1-c1ccccc1.[Cl-]. The monoisotopic (exact) mass is 333 g/mol. The van der Waals surface area contributed by atoms with Crippen LogP contribution in [-0.4, -0.2) is 45.2 Å². The molecule has 0 unspecified atom stereocenters. The van der Waals surface area contributed by atoms with Gasteiger partial charge in [-0.1, -0.05) is 48.5 Å². The Morgan fingerprint density at radius 3 is 2.35 bits per heavy atom. The van der Waals surface area contributed by atoms with E-state index in [1.54, 1.807) is 0 Å². The van der Waals surface area contributed by atoms with E-state index in [4.69, 9.17) is 4.74 Å². The number of hydrogen-bond donors (Lipinski definition) is 1. The van der Waals surface area contributed by atoms with E-state index in [1.807, 2.05) is 18.2 Å². The van der Waals surface area contributed by atoms with Gasteiger partial charge in [0, 0.05) is 18.7 Å². The summed E-state index contributed by atoms with van der Waals surface area (Å²) in [4.78, 5) is 2.18. The lowest BCUT2D eigenvalue weighted by molar-refractivity contribution is -0.00000508. The van der Waals surface area contributed by atoms with Gasteiger partial charge in [0.05, 0.1) is 6.61 Å². The molecule has 1 N–H and O–H groups in total. The molecule has 0 aromatic heterocycles. The van der Waals surface area contributed by atoms with Gasteiger partial charge in [0.1, 0.15) is 5.75 Å². The lowest BCUT2D eigenvalue weighted by Gasteiger charge is -2.13. The van der Waals surface area contributed by atoms with E-state index >= 15 is 0 Å². The van der Waals surface area contributed by atoms with Crippen molar-refractivity contribution in [3.63, 3.8) is 0 Å². The molecule has 0 amide bonds. The zero-order valence-corrected chi connectivity index (χ0v) is 14.7. The van der Waals surface area contributed by atoms with Crippen molar-refractivity contribution in [2.45, 2.75) is 6.42 Å². The van der Waals surface area contributed by atoms with Gasteiger partial charge < -0.3 is 27.4 Å². The highest BCUT2D eigenvalue weighted by Gasteiger charge is 2.04.